The zero-order valence-electron chi connectivity index (χ0n) is 11.2. The smallest absolute Gasteiger partial charge is 0.243 e. The fourth-order valence-corrected chi connectivity index (χ4v) is 2.98. The maximum Gasteiger partial charge on any atom is 0.243 e. The van der Waals surface area contributed by atoms with Crippen LogP contribution in [0.2, 0.25) is 0 Å². The van der Waals surface area contributed by atoms with Crippen molar-refractivity contribution >= 4 is 15.7 Å². The summed E-state index contributed by atoms with van der Waals surface area (Å²) in [4.78, 5) is 0.185. The molecule has 3 N–H and O–H groups in total. The molecule has 0 saturated heterocycles. The third-order valence-electron chi connectivity index (χ3n) is 2.66. The molecule has 4 nitrogen and oxygen atoms in total. The van der Waals surface area contributed by atoms with Crippen LogP contribution in [0.5, 0.6) is 0 Å². The minimum atomic E-state index is -3.56. The van der Waals surface area contributed by atoms with Crippen LogP contribution in [0, 0.1) is 13.8 Å². The topological polar surface area (TPSA) is 72.2 Å². The first-order valence-corrected chi connectivity index (χ1v) is 7.22. The Labute approximate surface area is 109 Å². The van der Waals surface area contributed by atoms with Gasteiger partial charge in [0.25, 0.3) is 0 Å². The second-order valence-electron chi connectivity index (χ2n) is 4.58. The molecule has 0 aliphatic carbocycles. The van der Waals surface area contributed by atoms with E-state index in [1.54, 1.807) is 19.9 Å². The maximum atomic E-state index is 12.2. The van der Waals surface area contributed by atoms with Gasteiger partial charge in [0.2, 0.25) is 10.0 Å². The zero-order chi connectivity index (χ0) is 13.9. The van der Waals surface area contributed by atoms with Crippen LogP contribution in [-0.4, -0.2) is 15.0 Å². The van der Waals surface area contributed by atoms with E-state index >= 15 is 0 Å². The number of nitrogen functional groups attached to an aromatic ring is 1. The summed E-state index contributed by atoms with van der Waals surface area (Å²) in [5.41, 5.74) is 8.67. The highest BCUT2D eigenvalue weighted by atomic mass is 32.2. The molecule has 0 unspecified atom stereocenters. The molecule has 1 aromatic carbocycles. The molecule has 0 bridgehead atoms. The number of nitrogens with two attached hydrogens (primary N) is 1. The number of hydrogen-bond acceptors (Lipinski definition) is 3. The Balaban J connectivity index is 3.13. The summed E-state index contributed by atoms with van der Waals surface area (Å²) in [6, 6.07) is 3.58. The van der Waals surface area contributed by atoms with Crippen molar-refractivity contribution < 1.29 is 8.42 Å². The highest BCUT2D eigenvalue weighted by Gasteiger charge is 2.20. The lowest BCUT2D eigenvalue weighted by Gasteiger charge is -2.12. The molecule has 0 spiro atoms. The highest BCUT2D eigenvalue weighted by Crippen LogP contribution is 2.25. The van der Waals surface area contributed by atoms with Gasteiger partial charge in [0.15, 0.2) is 0 Å². The molecule has 18 heavy (non-hydrogen) atoms. The van der Waals surface area contributed by atoms with Crippen LogP contribution in [0.15, 0.2) is 28.7 Å². The quantitative estimate of drug-likeness (QED) is 0.649. The Bertz CT molecular complexity index is 571. The van der Waals surface area contributed by atoms with E-state index in [0.717, 1.165) is 11.1 Å². The van der Waals surface area contributed by atoms with Crippen LogP contribution in [0.4, 0.5) is 5.69 Å². The zero-order valence-corrected chi connectivity index (χ0v) is 12.1. The van der Waals surface area contributed by atoms with Crippen molar-refractivity contribution in [1.29, 1.82) is 0 Å². The number of hydrogen-bond donors (Lipinski definition) is 2. The van der Waals surface area contributed by atoms with Gasteiger partial charge in [-0.15, -0.1) is 0 Å². The highest BCUT2D eigenvalue weighted by molar-refractivity contribution is 7.89. The Morgan fingerprint density at radius 2 is 1.83 bits per heavy atom. The number of allylic oxidation sites excluding steroid dienone is 1. The van der Waals surface area contributed by atoms with Gasteiger partial charge in [0.1, 0.15) is 4.90 Å². The van der Waals surface area contributed by atoms with Crippen LogP contribution in [0.3, 0.4) is 0 Å². The normalized spacial score (nSPS) is 11.3. The van der Waals surface area contributed by atoms with E-state index in [9.17, 15) is 8.42 Å². The number of rotatable bonds is 4. The first-order chi connectivity index (χ1) is 8.25. The van der Waals surface area contributed by atoms with Crippen molar-refractivity contribution in [3.8, 4) is 0 Å². The van der Waals surface area contributed by atoms with E-state index in [2.05, 4.69) is 4.72 Å². The summed E-state index contributed by atoms with van der Waals surface area (Å²) < 4.78 is 26.9. The van der Waals surface area contributed by atoms with Crippen molar-refractivity contribution in [2.45, 2.75) is 32.6 Å². The van der Waals surface area contributed by atoms with Gasteiger partial charge < -0.3 is 5.73 Å². The van der Waals surface area contributed by atoms with Gasteiger partial charge in [-0.05, 0) is 38.8 Å². The molecule has 0 saturated carbocycles. The fraction of sp³-hybridized carbons (Fsp3) is 0.385. The molecule has 0 aliphatic rings. The van der Waals surface area contributed by atoms with Crippen LogP contribution < -0.4 is 10.5 Å². The number of anilines is 1. The summed E-state index contributed by atoms with van der Waals surface area (Å²) in [6.45, 7) is 7.65. The Kier molecular flexibility index (Phi) is 4.53. The lowest BCUT2D eigenvalue weighted by atomic mass is 10.1. The predicted octanol–water partition coefficient (Wildman–Crippen LogP) is 2.13. The number of aryl methyl sites for hydroxylation is 2. The molecule has 1 rings (SSSR count). The summed E-state index contributed by atoms with van der Waals surface area (Å²) >= 11 is 0. The summed E-state index contributed by atoms with van der Waals surface area (Å²) in [5.74, 6) is 0. The molecule has 0 heterocycles. The monoisotopic (exact) mass is 268 g/mol. The predicted molar refractivity (Wildman–Crippen MR) is 74.9 cm³/mol. The molecule has 1 aromatic rings. The SMILES string of the molecule is CC(C)=CCNS(=O)(=O)c1c(C)ccc(C)c1N. The summed E-state index contributed by atoms with van der Waals surface area (Å²) in [6.07, 6.45) is 1.82. The molecule has 0 aromatic heterocycles. The standard InChI is InChI=1S/C13H20N2O2S/c1-9(2)7-8-15-18(16,17)13-11(4)6-5-10(3)12(13)14/h5-7,15H,8,14H2,1-4H3. The van der Waals surface area contributed by atoms with Crippen molar-refractivity contribution in [3.63, 3.8) is 0 Å². The van der Waals surface area contributed by atoms with Gasteiger partial charge in [-0.3, -0.25) is 0 Å². The molecule has 0 atom stereocenters. The molecule has 0 aliphatic heterocycles. The lowest BCUT2D eigenvalue weighted by Crippen LogP contribution is -2.26. The average Bonchev–Trinajstić information content (AvgIpc) is 2.23. The largest absolute Gasteiger partial charge is 0.397 e. The summed E-state index contributed by atoms with van der Waals surface area (Å²) in [7, 11) is -3.56. The van der Waals surface area contributed by atoms with Crippen molar-refractivity contribution in [2.24, 2.45) is 0 Å². The molecule has 0 radical (unpaired) electrons. The number of sulfonamides is 1. The van der Waals surface area contributed by atoms with Gasteiger partial charge in [-0.2, -0.15) is 0 Å². The maximum absolute atomic E-state index is 12.2. The van der Waals surface area contributed by atoms with Crippen LogP contribution in [0.25, 0.3) is 0 Å². The minimum absolute atomic E-state index is 0.185. The molecular formula is C13H20N2O2S. The van der Waals surface area contributed by atoms with E-state index in [-0.39, 0.29) is 11.4 Å². The van der Waals surface area contributed by atoms with E-state index in [1.807, 2.05) is 26.0 Å². The van der Waals surface area contributed by atoms with E-state index in [4.69, 9.17) is 5.73 Å². The van der Waals surface area contributed by atoms with Gasteiger partial charge in [0.05, 0.1) is 5.69 Å². The van der Waals surface area contributed by atoms with Gasteiger partial charge in [-0.1, -0.05) is 23.8 Å². The van der Waals surface area contributed by atoms with E-state index in [0.29, 0.717) is 11.3 Å². The van der Waals surface area contributed by atoms with E-state index < -0.39 is 10.0 Å². The van der Waals surface area contributed by atoms with Gasteiger partial charge >= 0.3 is 0 Å². The second kappa shape index (κ2) is 5.54. The molecule has 100 valence electrons. The third-order valence-corrected chi connectivity index (χ3v) is 4.29. The van der Waals surface area contributed by atoms with Crippen LogP contribution >= 0.6 is 0 Å². The van der Waals surface area contributed by atoms with Crippen molar-refractivity contribution in [2.75, 3.05) is 12.3 Å². The Morgan fingerprint density at radius 1 is 1.28 bits per heavy atom. The molecule has 0 amide bonds. The third kappa shape index (κ3) is 3.34. The average molecular weight is 268 g/mol. The molecule has 5 heteroatoms. The molecular weight excluding hydrogens is 248 g/mol. The van der Waals surface area contributed by atoms with Crippen LogP contribution in [-0.2, 0) is 10.0 Å². The first-order valence-electron chi connectivity index (χ1n) is 5.74. The first kappa shape index (κ1) is 14.7. The van der Waals surface area contributed by atoms with Crippen molar-refractivity contribution in [3.05, 3.63) is 34.9 Å². The lowest BCUT2D eigenvalue weighted by molar-refractivity contribution is 0.585. The second-order valence-corrected chi connectivity index (χ2v) is 6.28. The molecule has 0 fully saturated rings. The van der Waals surface area contributed by atoms with Crippen molar-refractivity contribution in [1.82, 2.24) is 4.72 Å². The Hall–Kier alpha value is -1.33. The number of nitrogens with one attached hydrogen (secondary N) is 1. The van der Waals surface area contributed by atoms with Crippen LogP contribution in [0.1, 0.15) is 25.0 Å². The Morgan fingerprint density at radius 3 is 2.39 bits per heavy atom. The van der Waals surface area contributed by atoms with Gasteiger partial charge in [0, 0.05) is 6.54 Å². The van der Waals surface area contributed by atoms with E-state index in [1.165, 1.54) is 0 Å². The fourth-order valence-electron chi connectivity index (χ4n) is 1.59. The summed E-state index contributed by atoms with van der Waals surface area (Å²) in [5, 5.41) is 0. The number of benzene rings is 1. The van der Waals surface area contributed by atoms with Gasteiger partial charge in [-0.25, -0.2) is 13.1 Å². The minimum Gasteiger partial charge on any atom is -0.397 e.